The highest BCUT2D eigenvalue weighted by molar-refractivity contribution is 5.21. The van der Waals surface area contributed by atoms with Gasteiger partial charge < -0.3 is 0 Å². The zero-order valence-electron chi connectivity index (χ0n) is 12.2. The van der Waals surface area contributed by atoms with E-state index in [1.165, 1.54) is 51.6 Å². The first-order valence-electron chi connectivity index (χ1n) is 8.13. The molecule has 1 nitrogen and oxygen atoms in total. The van der Waals surface area contributed by atoms with E-state index in [4.69, 9.17) is 0 Å². The average Bonchev–Trinajstić information content (AvgIpc) is 2.98. The Hall–Kier alpha value is -0.820. The van der Waals surface area contributed by atoms with Crippen molar-refractivity contribution in [3.05, 3.63) is 35.9 Å². The van der Waals surface area contributed by atoms with Gasteiger partial charge in [0.25, 0.3) is 0 Å². The van der Waals surface area contributed by atoms with Crippen LogP contribution in [0.15, 0.2) is 30.3 Å². The first-order valence-corrected chi connectivity index (χ1v) is 8.13. The zero-order chi connectivity index (χ0) is 13.1. The molecule has 1 aliphatic carbocycles. The highest BCUT2D eigenvalue weighted by Crippen LogP contribution is 2.34. The third-order valence-electron chi connectivity index (χ3n) is 5.40. The van der Waals surface area contributed by atoms with E-state index in [1.807, 2.05) is 0 Å². The molecular weight excluding hydrogens is 230 g/mol. The van der Waals surface area contributed by atoms with E-state index >= 15 is 0 Å². The standard InChI is InChI=1S/C18H27N/c1-15(16-8-4-2-5-9-16)19-13-12-18(14-19)17-10-6-3-7-11-17/h3,6-7,10-11,15-16,18H,2,4-5,8-9,12-14H2,1H3/t15-,18+/m0/s1. The van der Waals surface area contributed by atoms with Crippen LogP contribution in [0.25, 0.3) is 0 Å². The molecule has 1 heteroatoms. The molecule has 104 valence electrons. The molecule has 1 heterocycles. The summed E-state index contributed by atoms with van der Waals surface area (Å²) in [5.41, 5.74) is 1.54. The zero-order valence-corrected chi connectivity index (χ0v) is 12.2. The van der Waals surface area contributed by atoms with Gasteiger partial charge in [-0.15, -0.1) is 0 Å². The van der Waals surface area contributed by atoms with Crippen LogP contribution in [0.5, 0.6) is 0 Å². The molecule has 0 aromatic heterocycles. The minimum absolute atomic E-state index is 0.771. The summed E-state index contributed by atoms with van der Waals surface area (Å²) in [5.74, 6) is 1.73. The average molecular weight is 257 g/mol. The molecule has 1 saturated carbocycles. The lowest BCUT2D eigenvalue weighted by Crippen LogP contribution is -2.37. The van der Waals surface area contributed by atoms with Crippen LogP contribution in [0.4, 0.5) is 0 Å². The minimum atomic E-state index is 0.771. The summed E-state index contributed by atoms with van der Waals surface area (Å²) in [4.78, 5) is 2.76. The molecular formula is C18H27N. The van der Waals surface area contributed by atoms with Crippen LogP contribution < -0.4 is 0 Å². The van der Waals surface area contributed by atoms with Crippen LogP contribution in [-0.4, -0.2) is 24.0 Å². The third-order valence-corrected chi connectivity index (χ3v) is 5.40. The molecule has 0 radical (unpaired) electrons. The molecule has 3 rings (SSSR count). The second kappa shape index (κ2) is 6.09. The van der Waals surface area contributed by atoms with Gasteiger partial charge in [0.1, 0.15) is 0 Å². The lowest BCUT2D eigenvalue weighted by Gasteiger charge is -2.34. The SMILES string of the molecule is C[C@@H](C1CCCCC1)N1CC[C@@H](c2ccccc2)C1. The van der Waals surface area contributed by atoms with Crippen molar-refractivity contribution in [2.45, 2.75) is 57.4 Å². The van der Waals surface area contributed by atoms with Crippen LogP contribution in [0.1, 0.15) is 56.9 Å². The summed E-state index contributed by atoms with van der Waals surface area (Å²) in [6.45, 7) is 5.06. The predicted molar refractivity (Wildman–Crippen MR) is 81.4 cm³/mol. The summed E-state index contributed by atoms with van der Waals surface area (Å²) >= 11 is 0. The molecule has 19 heavy (non-hydrogen) atoms. The molecule has 2 aliphatic rings. The fraction of sp³-hybridized carbons (Fsp3) is 0.667. The van der Waals surface area contributed by atoms with Gasteiger partial charge in [0.05, 0.1) is 0 Å². The second-order valence-corrected chi connectivity index (χ2v) is 6.53. The normalized spacial score (nSPS) is 27.5. The van der Waals surface area contributed by atoms with Crippen molar-refractivity contribution in [1.29, 1.82) is 0 Å². The maximum absolute atomic E-state index is 2.76. The molecule has 0 N–H and O–H groups in total. The van der Waals surface area contributed by atoms with Crippen LogP contribution in [-0.2, 0) is 0 Å². The van der Waals surface area contributed by atoms with Crippen molar-refractivity contribution in [2.24, 2.45) is 5.92 Å². The molecule has 0 unspecified atom stereocenters. The van der Waals surface area contributed by atoms with Crippen LogP contribution >= 0.6 is 0 Å². The Morgan fingerprint density at radius 2 is 1.74 bits per heavy atom. The monoisotopic (exact) mass is 257 g/mol. The number of likely N-dealkylation sites (tertiary alicyclic amines) is 1. The summed E-state index contributed by atoms with van der Waals surface area (Å²) in [7, 11) is 0. The molecule has 1 aromatic carbocycles. The highest BCUT2D eigenvalue weighted by atomic mass is 15.2. The van der Waals surface area contributed by atoms with Gasteiger partial charge in [0, 0.05) is 12.6 Å². The summed E-state index contributed by atoms with van der Waals surface area (Å²) in [5, 5.41) is 0. The maximum Gasteiger partial charge on any atom is 0.00954 e. The van der Waals surface area contributed by atoms with E-state index in [2.05, 4.69) is 42.2 Å². The minimum Gasteiger partial charge on any atom is -0.300 e. The lowest BCUT2D eigenvalue weighted by atomic mass is 9.84. The van der Waals surface area contributed by atoms with Crippen LogP contribution in [0.3, 0.4) is 0 Å². The Labute approximate surface area is 118 Å². The van der Waals surface area contributed by atoms with Crippen molar-refractivity contribution >= 4 is 0 Å². The molecule has 0 spiro atoms. The molecule has 0 bridgehead atoms. The van der Waals surface area contributed by atoms with E-state index in [-0.39, 0.29) is 0 Å². The maximum atomic E-state index is 2.76. The number of benzene rings is 1. The Morgan fingerprint density at radius 1 is 1.00 bits per heavy atom. The van der Waals surface area contributed by atoms with Crippen molar-refractivity contribution < 1.29 is 0 Å². The van der Waals surface area contributed by atoms with Gasteiger partial charge in [-0.3, -0.25) is 4.90 Å². The van der Waals surface area contributed by atoms with Gasteiger partial charge in [-0.1, -0.05) is 49.6 Å². The summed E-state index contributed by atoms with van der Waals surface area (Å²) in [6, 6.07) is 11.9. The van der Waals surface area contributed by atoms with E-state index in [0.29, 0.717) is 0 Å². The van der Waals surface area contributed by atoms with Gasteiger partial charge in [-0.25, -0.2) is 0 Å². The van der Waals surface area contributed by atoms with E-state index in [1.54, 1.807) is 5.56 Å². The molecule has 1 saturated heterocycles. The van der Waals surface area contributed by atoms with Gasteiger partial charge in [-0.2, -0.15) is 0 Å². The predicted octanol–water partition coefficient (Wildman–Crippen LogP) is 4.44. The smallest absolute Gasteiger partial charge is 0.00954 e. The highest BCUT2D eigenvalue weighted by Gasteiger charge is 2.31. The Kier molecular flexibility index (Phi) is 4.22. The van der Waals surface area contributed by atoms with Crippen molar-refractivity contribution in [1.82, 2.24) is 4.90 Å². The lowest BCUT2D eigenvalue weighted by molar-refractivity contribution is 0.155. The number of hydrogen-bond acceptors (Lipinski definition) is 1. The van der Waals surface area contributed by atoms with Crippen molar-refractivity contribution in [3.8, 4) is 0 Å². The Morgan fingerprint density at radius 3 is 2.47 bits per heavy atom. The molecule has 2 atom stereocenters. The fourth-order valence-electron chi connectivity index (χ4n) is 4.07. The van der Waals surface area contributed by atoms with Gasteiger partial charge in [0.15, 0.2) is 0 Å². The topological polar surface area (TPSA) is 3.24 Å². The first-order chi connectivity index (χ1) is 9.34. The quantitative estimate of drug-likeness (QED) is 0.773. The summed E-state index contributed by atoms with van der Waals surface area (Å²) < 4.78 is 0. The third kappa shape index (κ3) is 3.02. The number of nitrogens with zero attached hydrogens (tertiary/aromatic N) is 1. The van der Waals surface area contributed by atoms with E-state index in [0.717, 1.165) is 17.9 Å². The number of rotatable bonds is 3. The van der Waals surface area contributed by atoms with Crippen molar-refractivity contribution in [2.75, 3.05) is 13.1 Å². The summed E-state index contributed by atoms with van der Waals surface area (Å²) in [6.07, 6.45) is 8.67. The molecule has 2 fully saturated rings. The van der Waals surface area contributed by atoms with Gasteiger partial charge >= 0.3 is 0 Å². The molecule has 1 aromatic rings. The fourth-order valence-corrected chi connectivity index (χ4v) is 4.07. The second-order valence-electron chi connectivity index (χ2n) is 6.53. The molecule has 0 amide bonds. The van der Waals surface area contributed by atoms with Crippen molar-refractivity contribution in [3.63, 3.8) is 0 Å². The van der Waals surface area contributed by atoms with E-state index < -0.39 is 0 Å². The first kappa shape index (κ1) is 13.2. The Balaban J connectivity index is 1.59. The molecule has 1 aliphatic heterocycles. The number of hydrogen-bond donors (Lipinski definition) is 0. The van der Waals surface area contributed by atoms with Crippen LogP contribution in [0, 0.1) is 5.92 Å². The largest absolute Gasteiger partial charge is 0.300 e. The van der Waals surface area contributed by atoms with Crippen LogP contribution in [0.2, 0.25) is 0 Å². The van der Waals surface area contributed by atoms with Gasteiger partial charge in [0.2, 0.25) is 0 Å². The van der Waals surface area contributed by atoms with Gasteiger partial charge in [-0.05, 0) is 50.1 Å². The Bertz CT molecular complexity index is 380. The van der Waals surface area contributed by atoms with E-state index in [9.17, 15) is 0 Å².